The van der Waals surface area contributed by atoms with Crippen LogP contribution < -0.4 is 5.32 Å². The third kappa shape index (κ3) is 3.46. The second kappa shape index (κ2) is 6.19. The molecule has 20 heavy (non-hydrogen) atoms. The van der Waals surface area contributed by atoms with Gasteiger partial charge in [0.1, 0.15) is 5.82 Å². The zero-order valence-electron chi connectivity index (χ0n) is 11.1. The van der Waals surface area contributed by atoms with E-state index in [1.165, 1.54) is 17.5 Å². The maximum Gasteiger partial charge on any atom is 0.356 e. The first kappa shape index (κ1) is 14.7. The minimum Gasteiger partial charge on any atom is -0.476 e. The largest absolute Gasteiger partial charge is 0.476 e. The summed E-state index contributed by atoms with van der Waals surface area (Å²) >= 11 is 7.30. The van der Waals surface area contributed by atoms with Crippen molar-refractivity contribution in [1.82, 2.24) is 9.97 Å². The number of hydrogen-bond acceptors (Lipinski definition) is 5. The summed E-state index contributed by atoms with van der Waals surface area (Å²) in [6.45, 7) is 4.32. The number of anilines is 1. The molecule has 0 aliphatic heterocycles. The molecule has 0 bridgehead atoms. The average Bonchev–Trinajstić information content (AvgIpc) is 2.81. The molecule has 5 nitrogen and oxygen atoms in total. The van der Waals surface area contributed by atoms with Crippen molar-refractivity contribution < 1.29 is 9.90 Å². The Morgan fingerprint density at radius 2 is 2.25 bits per heavy atom. The Bertz CT molecular complexity index is 628. The van der Waals surface area contributed by atoms with Crippen molar-refractivity contribution in [1.29, 1.82) is 0 Å². The molecule has 0 atom stereocenters. The minimum absolute atomic E-state index is 0.00801. The Balaban J connectivity index is 2.20. The molecule has 2 aromatic heterocycles. The van der Waals surface area contributed by atoms with Gasteiger partial charge in [-0.15, -0.1) is 11.3 Å². The number of carbonyl (C=O) groups is 1. The van der Waals surface area contributed by atoms with Gasteiger partial charge in [0.15, 0.2) is 5.69 Å². The number of aromatic carboxylic acids is 1. The number of thiophene rings is 1. The third-order valence-corrected chi connectivity index (χ3v) is 3.84. The predicted molar refractivity (Wildman–Crippen MR) is 79.7 cm³/mol. The molecular formula is C13H14ClN3O2S. The quantitative estimate of drug-likeness (QED) is 0.882. The predicted octanol–water partition coefficient (Wildman–Crippen LogP) is 3.63. The van der Waals surface area contributed by atoms with Crippen LogP contribution in [0.5, 0.6) is 0 Å². The van der Waals surface area contributed by atoms with E-state index in [1.54, 1.807) is 6.07 Å². The van der Waals surface area contributed by atoms with Crippen LogP contribution in [0.25, 0.3) is 0 Å². The van der Waals surface area contributed by atoms with Crippen molar-refractivity contribution in [3.8, 4) is 0 Å². The van der Waals surface area contributed by atoms with E-state index in [0.29, 0.717) is 22.4 Å². The summed E-state index contributed by atoms with van der Waals surface area (Å²) in [6, 6.07) is 3.70. The van der Waals surface area contributed by atoms with Crippen LogP contribution in [-0.2, 0) is 6.54 Å². The monoisotopic (exact) mass is 311 g/mol. The van der Waals surface area contributed by atoms with Gasteiger partial charge in [0, 0.05) is 17.3 Å². The summed E-state index contributed by atoms with van der Waals surface area (Å²) in [4.78, 5) is 20.5. The lowest BCUT2D eigenvalue weighted by molar-refractivity contribution is 0.0691. The molecule has 0 aliphatic rings. The molecule has 0 amide bonds. The molecule has 0 fully saturated rings. The molecule has 0 unspecified atom stereocenters. The van der Waals surface area contributed by atoms with E-state index in [0.717, 1.165) is 4.88 Å². The molecule has 0 spiro atoms. The van der Waals surface area contributed by atoms with Gasteiger partial charge in [-0.1, -0.05) is 25.4 Å². The number of hydrogen-bond donors (Lipinski definition) is 2. The molecule has 2 heterocycles. The molecule has 0 aliphatic carbocycles. The van der Waals surface area contributed by atoms with E-state index < -0.39 is 5.97 Å². The Kier molecular flexibility index (Phi) is 4.57. The van der Waals surface area contributed by atoms with Crippen LogP contribution in [0.1, 0.15) is 41.0 Å². The van der Waals surface area contributed by atoms with Crippen molar-refractivity contribution in [2.24, 2.45) is 0 Å². The van der Waals surface area contributed by atoms with Crippen molar-refractivity contribution in [2.45, 2.75) is 26.3 Å². The summed E-state index contributed by atoms with van der Waals surface area (Å²) in [6.07, 6.45) is 1.51. The number of aromatic nitrogens is 2. The number of nitrogens with zero attached hydrogens (tertiary/aromatic N) is 2. The zero-order chi connectivity index (χ0) is 14.7. The lowest BCUT2D eigenvalue weighted by Crippen LogP contribution is -2.11. The number of carboxylic acids is 1. The van der Waals surface area contributed by atoms with Gasteiger partial charge in [-0.25, -0.2) is 14.8 Å². The average molecular weight is 312 g/mol. The highest BCUT2D eigenvalue weighted by molar-refractivity contribution is 7.16. The second-order valence-corrected chi connectivity index (χ2v) is 6.31. The minimum atomic E-state index is -1.07. The van der Waals surface area contributed by atoms with Crippen molar-refractivity contribution >= 4 is 34.6 Å². The Morgan fingerprint density at radius 1 is 1.50 bits per heavy atom. The Morgan fingerprint density at radius 3 is 2.80 bits per heavy atom. The van der Waals surface area contributed by atoms with E-state index in [2.05, 4.69) is 15.3 Å². The number of nitrogens with one attached hydrogen (secondary N) is 1. The fourth-order valence-corrected chi connectivity index (χ4v) is 2.62. The van der Waals surface area contributed by atoms with Gasteiger partial charge >= 0.3 is 5.97 Å². The van der Waals surface area contributed by atoms with E-state index in [9.17, 15) is 9.90 Å². The SMILES string of the molecule is CC(C)c1ncc(NCc2ccc(Cl)s2)c(C(=O)O)n1. The zero-order valence-corrected chi connectivity index (χ0v) is 12.6. The molecule has 106 valence electrons. The maximum absolute atomic E-state index is 11.3. The topological polar surface area (TPSA) is 75.1 Å². The van der Waals surface area contributed by atoms with Crippen molar-refractivity contribution in [3.05, 3.63) is 39.1 Å². The molecule has 0 saturated carbocycles. The van der Waals surface area contributed by atoms with E-state index in [1.807, 2.05) is 19.9 Å². The van der Waals surface area contributed by atoms with Crippen LogP contribution in [0.4, 0.5) is 5.69 Å². The van der Waals surface area contributed by atoms with Gasteiger partial charge in [0.2, 0.25) is 0 Å². The normalized spacial score (nSPS) is 10.8. The first-order valence-corrected chi connectivity index (χ1v) is 7.25. The van der Waals surface area contributed by atoms with Crippen molar-refractivity contribution in [3.63, 3.8) is 0 Å². The summed E-state index contributed by atoms with van der Waals surface area (Å²) in [5.41, 5.74) is 0.401. The molecule has 0 saturated heterocycles. The number of rotatable bonds is 5. The number of carboxylic acid groups (broad SMARTS) is 1. The van der Waals surface area contributed by atoms with Crippen molar-refractivity contribution in [2.75, 3.05) is 5.32 Å². The van der Waals surface area contributed by atoms with E-state index in [-0.39, 0.29) is 11.6 Å². The van der Waals surface area contributed by atoms with E-state index >= 15 is 0 Å². The van der Waals surface area contributed by atoms with Gasteiger partial charge in [0.25, 0.3) is 0 Å². The van der Waals surface area contributed by atoms with Gasteiger partial charge in [-0.2, -0.15) is 0 Å². The Labute approximate surface area is 125 Å². The lowest BCUT2D eigenvalue weighted by Gasteiger charge is -2.10. The highest BCUT2D eigenvalue weighted by Gasteiger charge is 2.15. The van der Waals surface area contributed by atoms with Gasteiger partial charge < -0.3 is 10.4 Å². The summed E-state index contributed by atoms with van der Waals surface area (Å²) in [5.74, 6) is -0.466. The summed E-state index contributed by atoms with van der Waals surface area (Å²) in [5, 5.41) is 12.3. The van der Waals surface area contributed by atoms with Crippen LogP contribution in [0, 0.1) is 0 Å². The lowest BCUT2D eigenvalue weighted by atomic mass is 10.2. The van der Waals surface area contributed by atoms with Crippen LogP contribution in [0.15, 0.2) is 18.3 Å². The molecule has 2 rings (SSSR count). The highest BCUT2D eigenvalue weighted by atomic mass is 35.5. The maximum atomic E-state index is 11.3. The molecule has 7 heteroatoms. The van der Waals surface area contributed by atoms with Crippen LogP contribution in [0.3, 0.4) is 0 Å². The van der Waals surface area contributed by atoms with Gasteiger partial charge in [0.05, 0.1) is 16.2 Å². The number of halogens is 1. The molecule has 0 aromatic carbocycles. The van der Waals surface area contributed by atoms with Crippen LogP contribution in [-0.4, -0.2) is 21.0 Å². The molecular weight excluding hydrogens is 298 g/mol. The molecule has 0 radical (unpaired) electrons. The fourth-order valence-electron chi connectivity index (χ4n) is 1.60. The first-order chi connectivity index (χ1) is 9.47. The van der Waals surface area contributed by atoms with E-state index in [4.69, 9.17) is 11.6 Å². The van der Waals surface area contributed by atoms with Gasteiger partial charge in [-0.05, 0) is 12.1 Å². The van der Waals surface area contributed by atoms with Gasteiger partial charge in [-0.3, -0.25) is 0 Å². The Hall–Kier alpha value is -1.66. The highest BCUT2D eigenvalue weighted by Crippen LogP contribution is 2.23. The summed E-state index contributed by atoms with van der Waals surface area (Å²) in [7, 11) is 0. The molecule has 2 N–H and O–H groups in total. The third-order valence-electron chi connectivity index (χ3n) is 2.61. The second-order valence-electron chi connectivity index (χ2n) is 4.51. The summed E-state index contributed by atoms with van der Waals surface area (Å²) < 4.78 is 0.701. The standard InChI is InChI=1S/C13H14ClN3O2S/c1-7(2)12-16-6-9(11(17-12)13(18)19)15-5-8-3-4-10(14)20-8/h3-4,6-7,15H,5H2,1-2H3,(H,18,19). The molecule has 2 aromatic rings. The van der Waals surface area contributed by atoms with Crippen LogP contribution in [0.2, 0.25) is 4.34 Å². The first-order valence-electron chi connectivity index (χ1n) is 6.05. The van der Waals surface area contributed by atoms with Crippen LogP contribution >= 0.6 is 22.9 Å². The smallest absolute Gasteiger partial charge is 0.356 e. The fraction of sp³-hybridized carbons (Fsp3) is 0.308.